The summed E-state index contributed by atoms with van der Waals surface area (Å²) in [5.41, 5.74) is 0.542. The molecule has 2 aromatic rings. The molecule has 0 aliphatic carbocycles. The summed E-state index contributed by atoms with van der Waals surface area (Å²) < 4.78 is 26.4. The molecule has 2 N–H and O–H groups in total. The van der Waals surface area contributed by atoms with E-state index in [0.717, 1.165) is 11.3 Å². The lowest BCUT2D eigenvalue weighted by Crippen LogP contribution is -2.24. The third-order valence-corrected chi connectivity index (χ3v) is 5.23. The standard InChI is InChI=1S/C16H18N2O3S2/c1-2-11-17-23(20,21)15-8-5-13(6-9-15)18-16(19)10-7-14-4-3-12-22-14/h3-10,12,17H,2,11H2,1H3,(H,18,19)/b10-7+. The van der Waals surface area contributed by atoms with Crippen LogP contribution in [0, 0.1) is 0 Å². The fraction of sp³-hybridized carbons (Fsp3) is 0.188. The number of hydrogen-bond donors (Lipinski definition) is 2. The topological polar surface area (TPSA) is 75.3 Å². The molecule has 0 aliphatic rings. The first-order valence-electron chi connectivity index (χ1n) is 7.13. The van der Waals surface area contributed by atoms with Crippen LogP contribution in [0.1, 0.15) is 18.2 Å². The van der Waals surface area contributed by atoms with E-state index >= 15 is 0 Å². The van der Waals surface area contributed by atoms with Crippen LogP contribution in [-0.2, 0) is 14.8 Å². The average molecular weight is 350 g/mol. The van der Waals surface area contributed by atoms with E-state index in [-0.39, 0.29) is 10.8 Å². The van der Waals surface area contributed by atoms with E-state index in [1.165, 1.54) is 18.2 Å². The maximum atomic E-state index is 11.9. The fourth-order valence-electron chi connectivity index (χ4n) is 1.77. The number of anilines is 1. The van der Waals surface area contributed by atoms with Gasteiger partial charge in [0.15, 0.2) is 0 Å². The van der Waals surface area contributed by atoms with Gasteiger partial charge in [0.2, 0.25) is 15.9 Å². The van der Waals surface area contributed by atoms with E-state index in [0.29, 0.717) is 12.2 Å². The van der Waals surface area contributed by atoms with Crippen LogP contribution in [0.3, 0.4) is 0 Å². The molecule has 1 heterocycles. The molecular formula is C16H18N2O3S2. The summed E-state index contributed by atoms with van der Waals surface area (Å²) >= 11 is 1.54. The molecule has 0 fully saturated rings. The summed E-state index contributed by atoms with van der Waals surface area (Å²) in [6, 6.07) is 9.90. The number of rotatable bonds is 7. The van der Waals surface area contributed by atoms with E-state index in [9.17, 15) is 13.2 Å². The van der Waals surface area contributed by atoms with Gasteiger partial charge in [-0.15, -0.1) is 11.3 Å². The van der Waals surface area contributed by atoms with Crippen LogP contribution in [0.4, 0.5) is 5.69 Å². The summed E-state index contributed by atoms with van der Waals surface area (Å²) in [6.45, 7) is 2.29. The Balaban J connectivity index is 1.98. The molecule has 122 valence electrons. The van der Waals surface area contributed by atoms with Crippen molar-refractivity contribution in [3.63, 3.8) is 0 Å². The molecule has 0 atom stereocenters. The van der Waals surface area contributed by atoms with Crippen molar-refractivity contribution in [3.05, 3.63) is 52.7 Å². The SMILES string of the molecule is CCCNS(=O)(=O)c1ccc(NC(=O)/C=C/c2cccs2)cc1. The first kappa shape index (κ1) is 17.4. The average Bonchev–Trinajstić information content (AvgIpc) is 3.05. The smallest absolute Gasteiger partial charge is 0.248 e. The zero-order chi connectivity index (χ0) is 16.7. The molecule has 0 spiro atoms. The maximum absolute atomic E-state index is 11.9. The van der Waals surface area contributed by atoms with Gasteiger partial charge in [0.05, 0.1) is 4.90 Å². The van der Waals surface area contributed by atoms with Gasteiger partial charge in [-0.3, -0.25) is 4.79 Å². The van der Waals surface area contributed by atoms with E-state index in [1.54, 1.807) is 29.5 Å². The Kier molecular flexibility index (Phi) is 6.09. The minimum absolute atomic E-state index is 0.179. The van der Waals surface area contributed by atoms with Crippen molar-refractivity contribution in [2.45, 2.75) is 18.2 Å². The second-order valence-electron chi connectivity index (χ2n) is 4.76. The summed E-state index contributed by atoms with van der Waals surface area (Å²) in [5, 5.41) is 4.62. The molecule has 23 heavy (non-hydrogen) atoms. The fourth-order valence-corrected chi connectivity index (χ4v) is 3.52. The summed E-state index contributed by atoms with van der Waals surface area (Å²) in [7, 11) is -3.48. The van der Waals surface area contributed by atoms with Crippen molar-refractivity contribution in [2.24, 2.45) is 0 Å². The molecule has 0 bridgehead atoms. The van der Waals surface area contributed by atoms with Crippen LogP contribution in [-0.4, -0.2) is 20.9 Å². The van der Waals surface area contributed by atoms with Gasteiger partial charge < -0.3 is 5.32 Å². The zero-order valence-electron chi connectivity index (χ0n) is 12.7. The van der Waals surface area contributed by atoms with Crippen molar-refractivity contribution in [3.8, 4) is 0 Å². The van der Waals surface area contributed by atoms with Crippen molar-refractivity contribution in [1.82, 2.24) is 4.72 Å². The summed E-state index contributed by atoms with van der Waals surface area (Å²) in [4.78, 5) is 13.0. The van der Waals surface area contributed by atoms with Crippen molar-refractivity contribution in [2.75, 3.05) is 11.9 Å². The van der Waals surface area contributed by atoms with Crippen LogP contribution in [0.15, 0.2) is 52.7 Å². The highest BCUT2D eigenvalue weighted by molar-refractivity contribution is 7.89. The molecule has 0 saturated heterocycles. The largest absolute Gasteiger partial charge is 0.323 e. The molecule has 1 amide bonds. The zero-order valence-corrected chi connectivity index (χ0v) is 14.3. The monoisotopic (exact) mass is 350 g/mol. The number of nitrogens with one attached hydrogen (secondary N) is 2. The highest BCUT2D eigenvalue weighted by Crippen LogP contribution is 2.14. The predicted octanol–water partition coefficient (Wildman–Crippen LogP) is 3.09. The van der Waals surface area contributed by atoms with Crippen molar-refractivity contribution < 1.29 is 13.2 Å². The van der Waals surface area contributed by atoms with Gasteiger partial charge in [0.25, 0.3) is 0 Å². The number of amides is 1. The highest BCUT2D eigenvalue weighted by atomic mass is 32.2. The van der Waals surface area contributed by atoms with Crippen molar-refractivity contribution in [1.29, 1.82) is 0 Å². The Bertz CT molecular complexity index is 764. The number of carbonyl (C=O) groups excluding carboxylic acids is 1. The lowest BCUT2D eigenvalue weighted by Gasteiger charge is -2.07. The van der Waals surface area contributed by atoms with Gasteiger partial charge in [0.1, 0.15) is 0 Å². The van der Waals surface area contributed by atoms with Crippen LogP contribution < -0.4 is 10.0 Å². The molecular weight excluding hydrogens is 332 g/mol. The summed E-state index contributed by atoms with van der Waals surface area (Å²) in [5.74, 6) is -0.266. The third kappa shape index (κ3) is 5.31. The quantitative estimate of drug-likeness (QED) is 0.754. The third-order valence-electron chi connectivity index (χ3n) is 2.92. The summed E-state index contributed by atoms with van der Waals surface area (Å²) in [6.07, 6.45) is 3.90. The molecule has 0 saturated carbocycles. The Labute approximate surface area is 140 Å². The molecule has 0 radical (unpaired) electrons. The molecule has 1 aromatic heterocycles. The van der Waals surface area contributed by atoms with Crippen LogP contribution in [0.5, 0.6) is 0 Å². The normalized spacial score (nSPS) is 11.7. The Hall–Kier alpha value is -1.96. The van der Waals surface area contributed by atoms with Crippen LogP contribution in [0.25, 0.3) is 6.08 Å². The van der Waals surface area contributed by atoms with Gasteiger partial charge in [-0.2, -0.15) is 0 Å². The lowest BCUT2D eigenvalue weighted by atomic mass is 10.3. The lowest BCUT2D eigenvalue weighted by molar-refractivity contribution is -0.111. The van der Waals surface area contributed by atoms with Gasteiger partial charge in [-0.1, -0.05) is 13.0 Å². The minimum atomic E-state index is -3.48. The van der Waals surface area contributed by atoms with E-state index < -0.39 is 10.0 Å². The van der Waals surface area contributed by atoms with E-state index in [4.69, 9.17) is 0 Å². The maximum Gasteiger partial charge on any atom is 0.248 e. The van der Waals surface area contributed by atoms with E-state index in [1.807, 2.05) is 24.4 Å². The molecule has 0 aliphatic heterocycles. The van der Waals surface area contributed by atoms with Gasteiger partial charge >= 0.3 is 0 Å². The number of sulfonamides is 1. The Morgan fingerprint density at radius 2 is 1.96 bits per heavy atom. The Morgan fingerprint density at radius 1 is 1.22 bits per heavy atom. The first-order valence-corrected chi connectivity index (χ1v) is 9.50. The van der Waals surface area contributed by atoms with Crippen LogP contribution in [0.2, 0.25) is 0 Å². The van der Waals surface area contributed by atoms with Gasteiger partial charge in [0, 0.05) is 23.2 Å². The van der Waals surface area contributed by atoms with Crippen molar-refractivity contribution >= 4 is 39.0 Å². The molecule has 2 rings (SSSR count). The second-order valence-corrected chi connectivity index (χ2v) is 7.51. The van der Waals surface area contributed by atoms with Crippen LogP contribution >= 0.6 is 11.3 Å². The number of thiophene rings is 1. The minimum Gasteiger partial charge on any atom is -0.323 e. The molecule has 0 unspecified atom stereocenters. The van der Waals surface area contributed by atoms with E-state index in [2.05, 4.69) is 10.0 Å². The first-order chi connectivity index (χ1) is 11.0. The molecule has 7 heteroatoms. The van der Waals surface area contributed by atoms with Gasteiger partial charge in [-0.25, -0.2) is 13.1 Å². The predicted molar refractivity (Wildman–Crippen MR) is 93.9 cm³/mol. The number of carbonyl (C=O) groups is 1. The number of hydrogen-bond acceptors (Lipinski definition) is 4. The van der Waals surface area contributed by atoms with Gasteiger partial charge in [-0.05, 0) is 48.2 Å². The molecule has 5 nitrogen and oxygen atoms in total. The number of benzene rings is 1. The second kappa shape index (κ2) is 8.05. The highest BCUT2D eigenvalue weighted by Gasteiger charge is 2.12. The Morgan fingerprint density at radius 3 is 2.57 bits per heavy atom. The molecule has 1 aromatic carbocycles.